The number of aromatic nitrogens is 1. The van der Waals surface area contributed by atoms with Crippen LogP contribution in [-0.2, 0) is 7.05 Å². The maximum Gasteiger partial charge on any atom is 0.216 e. The zero-order valence-corrected chi connectivity index (χ0v) is 16.7. The minimum absolute atomic E-state index is 0.276. The molecule has 5 rings (SSSR count). The minimum Gasteiger partial charge on any atom is -0.454 e. The van der Waals surface area contributed by atoms with E-state index in [4.69, 9.17) is 4.42 Å². The highest BCUT2D eigenvalue weighted by Gasteiger charge is 2.23. The van der Waals surface area contributed by atoms with Crippen LogP contribution < -0.4 is 4.57 Å². The van der Waals surface area contributed by atoms with Gasteiger partial charge in [0.1, 0.15) is 24.0 Å². The zero-order valence-electron chi connectivity index (χ0n) is 16.7. The lowest BCUT2D eigenvalue weighted by molar-refractivity contribution is -0.660. The van der Waals surface area contributed by atoms with Crippen LogP contribution in [0.25, 0.3) is 44.3 Å². The second kappa shape index (κ2) is 6.56. The van der Waals surface area contributed by atoms with Crippen LogP contribution in [0.1, 0.15) is 11.1 Å². The molecule has 0 bridgehead atoms. The Kier molecular flexibility index (Phi) is 3.99. The molecule has 2 nitrogen and oxygen atoms in total. The third kappa shape index (κ3) is 2.73. The van der Waals surface area contributed by atoms with Gasteiger partial charge in [0.25, 0.3) is 0 Å². The van der Waals surface area contributed by atoms with E-state index >= 15 is 0 Å². The molecule has 29 heavy (non-hydrogen) atoms. The van der Waals surface area contributed by atoms with E-state index in [9.17, 15) is 4.39 Å². The molecular weight excluding hydrogens is 361 g/mol. The largest absolute Gasteiger partial charge is 0.454 e. The van der Waals surface area contributed by atoms with Gasteiger partial charge >= 0.3 is 0 Å². The van der Waals surface area contributed by atoms with E-state index in [1.54, 1.807) is 0 Å². The molecule has 0 spiro atoms. The highest BCUT2D eigenvalue weighted by atomic mass is 19.1. The molecule has 3 aromatic carbocycles. The van der Waals surface area contributed by atoms with E-state index in [2.05, 4.69) is 48.9 Å². The first kappa shape index (κ1) is 17.6. The van der Waals surface area contributed by atoms with Crippen LogP contribution in [0.4, 0.5) is 4.39 Å². The van der Waals surface area contributed by atoms with Crippen LogP contribution in [0, 0.1) is 19.7 Å². The van der Waals surface area contributed by atoms with Gasteiger partial charge in [0.15, 0.2) is 6.20 Å². The first-order valence-corrected chi connectivity index (χ1v) is 9.71. The summed E-state index contributed by atoms with van der Waals surface area (Å²) in [6.07, 6.45) is 2.10. The average molecular weight is 382 g/mol. The molecule has 2 heterocycles. The van der Waals surface area contributed by atoms with Crippen LogP contribution in [0.5, 0.6) is 0 Å². The Morgan fingerprint density at radius 2 is 1.45 bits per heavy atom. The number of hydrogen-bond donors (Lipinski definition) is 0. The topological polar surface area (TPSA) is 17.0 Å². The molecule has 0 radical (unpaired) electrons. The van der Waals surface area contributed by atoms with E-state index in [0.29, 0.717) is 11.1 Å². The molecule has 0 aliphatic heterocycles. The molecule has 142 valence electrons. The van der Waals surface area contributed by atoms with Crippen LogP contribution in [0.15, 0.2) is 77.3 Å². The average Bonchev–Trinajstić information content (AvgIpc) is 3.07. The fourth-order valence-corrected chi connectivity index (χ4v) is 4.18. The summed E-state index contributed by atoms with van der Waals surface area (Å²) in [6.45, 7) is 4.16. The quantitative estimate of drug-likeness (QED) is 0.319. The van der Waals surface area contributed by atoms with Crippen molar-refractivity contribution in [3.05, 3.63) is 89.9 Å². The van der Waals surface area contributed by atoms with Gasteiger partial charge < -0.3 is 4.42 Å². The van der Waals surface area contributed by atoms with Gasteiger partial charge in [-0.15, -0.1) is 0 Å². The molecule has 0 amide bonds. The van der Waals surface area contributed by atoms with Gasteiger partial charge in [0, 0.05) is 22.4 Å². The summed E-state index contributed by atoms with van der Waals surface area (Å²) in [4.78, 5) is 0. The van der Waals surface area contributed by atoms with E-state index < -0.39 is 0 Å². The number of pyridine rings is 1. The fourth-order valence-electron chi connectivity index (χ4n) is 4.18. The number of furan rings is 1. The highest BCUT2D eigenvalue weighted by molar-refractivity contribution is 6.13. The van der Waals surface area contributed by atoms with Crippen molar-refractivity contribution in [1.29, 1.82) is 0 Å². The van der Waals surface area contributed by atoms with Gasteiger partial charge in [-0.3, -0.25) is 0 Å². The predicted octanol–water partition coefficient (Wildman–Crippen LogP) is 6.50. The van der Waals surface area contributed by atoms with Gasteiger partial charge in [-0.1, -0.05) is 42.5 Å². The molecule has 2 aromatic heterocycles. The number of aryl methyl sites for hydroxylation is 3. The SMILES string of the molecule is Cc1ccc(-c2c(C)ccc3c2oc2c(-c4ccccc4)c(F)ccc23)[n+](C)c1. The van der Waals surface area contributed by atoms with Gasteiger partial charge in [-0.25, -0.2) is 8.96 Å². The normalized spacial score (nSPS) is 11.4. The fraction of sp³-hybridized carbons (Fsp3) is 0.115. The summed E-state index contributed by atoms with van der Waals surface area (Å²) in [6, 6.07) is 21.3. The van der Waals surface area contributed by atoms with E-state index in [1.165, 1.54) is 11.6 Å². The van der Waals surface area contributed by atoms with Crippen molar-refractivity contribution in [2.45, 2.75) is 13.8 Å². The second-order valence-corrected chi connectivity index (χ2v) is 7.60. The highest BCUT2D eigenvalue weighted by Crippen LogP contribution is 2.41. The number of benzene rings is 3. The second-order valence-electron chi connectivity index (χ2n) is 7.60. The molecule has 0 fully saturated rings. The van der Waals surface area contributed by atoms with Crippen LogP contribution in [0.3, 0.4) is 0 Å². The van der Waals surface area contributed by atoms with Gasteiger partial charge in [-0.05, 0) is 43.2 Å². The third-order valence-corrected chi connectivity index (χ3v) is 5.57. The molecular formula is C26H21FNO+. The number of fused-ring (bicyclic) bond motifs is 3. The van der Waals surface area contributed by atoms with Crippen LogP contribution in [-0.4, -0.2) is 0 Å². The van der Waals surface area contributed by atoms with Crippen LogP contribution >= 0.6 is 0 Å². The van der Waals surface area contributed by atoms with Crippen molar-refractivity contribution in [2.24, 2.45) is 7.05 Å². The Morgan fingerprint density at radius 3 is 2.17 bits per heavy atom. The molecule has 5 aromatic rings. The maximum absolute atomic E-state index is 14.9. The van der Waals surface area contributed by atoms with Gasteiger partial charge in [0.05, 0.1) is 11.1 Å². The molecule has 0 aliphatic carbocycles. The number of rotatable bonds is 2. The lowest BCUT2D eigenvalue weighted by Crippen LogP contribution is -2.31. The number of hydrogen-bond acceptors (Lipinski definition) is 1. The van der Waals surface area contributed by atoms with Crippen LogP contribution in [0.2, 0.25) is 0 Å². The third-order valence-electron chi connectivity index (χ3n) is 5.57. The smallest absolute Gasteiger partial charge is 0.216 e. The van der Waals surface area contributed by atoms with Crippen molar-refractivity contribution in [3.63, 3.8) is 0 Å². The van der Waals surface area contributed by atoms with E-state index in [-0.39, 0.29) is 5.82 Å². The van der Waals surface area contributed by atoms with Crippen molar-refractivity contribution < 1.29 is 13.4 Å². The summed E-state index contributed by atoms with van der Waals surface area (Å²) in [7, 11) is 2.04. The first-order valence-electron chi connectivity index (χ1n) is 9.71. The Hall–Kier alpha value is -3.46. The predicted molar refractivity (Wildman–Crippen MR) is 115 cm³/mol. The molecule has 3 heteroatoms. The van der Waals surface area contributed by atoms with E-state index in [0.717, 1.165) is 38.7 Å². The molecule has 0 saturated heterocycles. The Morgan fingerprint density at radius 1 is 0.759 bits per heavy atom. The molecule has 0 saturated carbocycles. The molecule has 0 atom stereocenters. The van der Waals surface area contributed by atoms with Crippen molar-refractivity contribution in [1.82, 2.24) is 0 Å². The van der Waals surface area contributed by atoms with Crippen molar-refractivity contribution in [2.75, 3.05) is 0 Å². The Bertz CT molecular complexity index is 1380. The Balaban J connectivity index is 1.90. The van der Waals surface area contributed by atoms with Crippen molar-refractivity contribution in [3.8, 4) is 22.4 Å². The van der Waals surface area contributed by atoms with E-state index in [1.807, 2.05) is 43.4 Å². The summed E-state index contributed by atoms with van der Waals surface area (Å²) < 4.78 is 23.4. The molecule has 0 N–H and O–H groups in total. The lowest BCUT2D eigenvalue weighted by atomic mass is 9.98. The summed E-state index contributed by atoms with van der Waals surface area (Å²) in [5.41, 5.74) is 7.14. The summed E-state index contributed by atoms with van der Waals surface area (Å²) in [5.74, 6) is -0.276. The monoisotopic (exact) mass is 382 g/mol. The Labute approximate surface area is 168 Å². The molecule has 0 aliphatic rings. The van der Waals surface area contributed by atoms with Gasteiger partial charge in [0.2, 0.25) is 5.69 Å². The minimum atomic E-state index is -0.276. The zero-order chi connectivity index (χ0) is 20.1. The first-order chi connectivity index (χ1) is 14.0. The summed E-state index contributed by atoms with van der Waals surface area (Å²) >= 11 is 0. The summed E-state index contributed by atoms with van der Waals surface area (Å²) in [5, 5.41) is 1.93. The van der Waals surface area contributed by atoms with Crippen molar-refractivity contribution >= 4 is 21.9 Å². The molecule has 0 unspecified atom stereocenters. The lowest BCUT2D eigenvalue weighted by Gasteiger charge is -2.06. The van der Waals surface area contributed by atoms with Gasteiger partial charge in [-0.2, -0.15) is 0 Å². The maximum atomic E-state index is 14.9. The number of nitrogens with zero attached hydrogens (tertiary/aromatic N) is 1. The number of halogens is 1. The standard InChI is InChI=1S/C26H21FNO/c1-16-9-14-22(28(3)15-16)23-17(2)10-11-19-20-12-13-21(27)24(26(20)29-25(19)23)18-7-5-4-6-8-18/h4-15H,1-3H3/q+1.